The van der Waals surface area contributed by atoms with Gasteiger partial charge in [-0.25, -0.2) is 22.5 Å². The summed E-state index contributed by atoms with van der Waals surface area (Å²) in [6, 6.07) is 0.971. The molecule has 0 atom stereocenters. The van der Waals surface area contributed by atoms with E-state index in [1.165, 1.54) is 4.90 Å². The highest BCUT2D eigenvalue weighted by Gasteiger charge is 2.39. The van der Waals surface area contributed by atoms with Gasteiger partial charge in [0, 0.05) is 6.04 Å². The van der Waals surface area contributed by atoms with Gasteiger partial charge < -0.3 is 4.90 Å². The average Bonchev–Trinajstić information content (AvgIpc) is 2.67. The van der Waals surface area contributed by atoms with Crippen LogP contribution in [0.3, 0.4) is 0 Å². The molecule has 1 aromatic rings. The summed E-state index contributed by atoms with van der Waals surface area (Å²) in [4.78, 5) is 26.3. The van der Waals surface area contributed by atoms with E-state index in [4.69, 9.17) is 11.6 Å². The van der Waals surface area contributed by atoms with Crippen molar-refractivity contribution in [2.75, 3.05) is 22.4 Å². The largest absolute Gasteiger partial charge is 0.332 e. The second-order valence-electron chi connectivity index (χ2n) is 5.39. The summed E-state index contributed by atoms with van der Waals surface area (Å²) in [5, 5.41) is -0.184. The lowest BCUT2D eigenvalue weighted by atomic mass is 10.2. The number of imide groups is 1. The Morgan fingerprint density at radius 2 is 1.91 bits per heavy atom. The quantitative estimate of drug-likeness (QED) is 0.829. The van der Waals surface area contributed by atoms with E-state index < -0.39 is 27.8 Å². The molecule has 1 saturated heterocycles. The van der Waals surface area contributed by atoms with Crippen LogP contribution in [0, 0.1) is 5.82 Å². The van der Waals surface area contributed by atoms with Crippen LogP contribution in [0.25, 0.3) is 0 Å². The van der Waals surface area contributed by atoms with Gasteiger partial charge in [0.25, 0.3) is 5.91 Å². The summed E-state index contributed by atoms with van der Waals surface area (Å²) >= 11 is 5.80. The molecular weight excluding hydrogens is 349 g/mol. The minimum Gasteiger partial charge on any atom is -0.312 e. The van der Waals surface area contributed by atoms with Crippen molar-refractivity contribution in [3.05, 3.63) is 23.0 Å². The average molecular weight is 364 g/mol. The van der Waals surface area contributed by atoms with E-state index in [0.29, 0.717) is 4.90 Å². The van der Waals surface area contributed by atoms with Crippen LogP contribution in [0.15, 0.2) is 12.1 Å². The number of sulfonamides is 1. The molecule has 0 aromatic heterocycles. The van der Waals surface area contributed by atoms with E-state index in [0.717, 1.165) is 18.4 Å². The van der Waals surface area contributed by atoms with Crippen molar-refractivity contribution in [1.82, 2.24) is 4.90 Å². The van der Waals surface area contributed by atoms with Crippen LogP contribution >= 0.6 is 11.6 Å². The molecule has 0 saturated carbocycles. The predicted molar refractivity (Wildman–Crippen MR) is 84.6 cm³/mol. The molecule has 1 heterocycles. The fraction of sp³-hybridized carbons (Fsp3) is 0.385. The molecule has 126 valence electrons. The van der Waals surface area contributed by atoms with Gasteiger partial charge in [-0.2, -0.15) is 0 Å². The molecule has 1 fully saturated rings. The third-order valence-corrected chi connectivity index (χ3v) is 4.09. The normalized spacial score (nSPS) is 15.7. The number of amides is 3. The van der Waals surface area contributed by atoms with Crippen molar-refractivity contribution >= 4 is 44.9 Å². The Labute approximate surface area is 138 Å². The van der Waals surface area contributed by atoms with Crippen molar-refractivity contribution in [1.29, 1.82) is 0 Å². The number of halogens is 2. The number of nitrogens with one attached hydrogen (secondary N) is 1. The highest BCUT2D eigenvalue weighted by Crippen LogP contribution is 2.33. The van der Waals surface area contributed by atoms with Crippen LogP contribution in [0.4, 0.5) is 20.6 Å². The first-order valence-electron chi connectivity index (χ1n) is 6.61. The second kappa shape index (κ2) is 5.97. The van der Waals surface area contributed by atoms with Crippen LogP contribution in [0.2, 0.25) is 5.02 Å². The maximum Gasteiger partial charge on any atom is 0.332 e. The monoisotopic (exact) mass is 363 g/mol. The van der Waals surface area contributed by atoms with Gasteiger partial charge in [0.2, 0.25) is 10.0 Å². The Morgan fingerprint density at radius 3 is 2.39 bits per heavy atom. The zero-order valence-corrected chi connectivity index (χ0v) is 14.2. The third-order valence-electron chi connectivity index (χ3n) is 3.19. The van der Waals surface area contributed by atoms with Crippen molar-refractivity contribution < 1.29 is 22.4 Å². The Kier molecular flexibility index (Phi) is 4.54. The molecule has 0 spiro atoms. The molecule has 7 nitrogen and oxygen atoms in total. The molecule has 23 heavy (non-hydrogen) atoms. The van der Waals surface area contributed by atoms with E-state index in [1.807, 2.05) is 0 Å². The van der Waals surface area contributed by atoms with Crippen LogP contribution in [-0.2, 0) is 14.8 Å². The number of carbonyl (C=O) groups is 2. The number of nitrogens with zero attached hydrogens (tertiary/aromatic N) is 2. The van der Waals surface area contributed by atoms with Crippen LogP contribution < -0.4 is 9.62 Å². The number of urea groups is 1. The summed E-state index contributed by atoms with van der Waals surface area (Å²) in [5.41, 5.74) is -0.465. The predicted octanol–water partition coefficient (Wildman–Crippen LogP) is 2.03. The number of carbonyl (C=O) groups excluding carboxylic acids is 2. The van der Waals surface area contributed by atoms with Gasteiger partial charge in [-0.1, -0.05) is 11.6 Å². The van der Waals surface area contributed by atoms with Gasteiger partial charge in [0.05, 0.1) is 22.7 Å². The van der Waals surface area contributed by atoms with Crippen molar-refractivity contribution in [3.63, 3.8) is 0 Å². The van der Waals surface area contributed by atoms with Gasteiger partial charge in [-0.15, -0.1) is 0 Å². The maximum atomic E-state index is 14.2. The first-order valence-corrected chi connectivity index (χ1v) is 8.88. The van der Waals surface area contributed by atoms with Crippen LogP contribution in [0.5, 0.6) is 0 Å². The number of hydrogen-bond acceptors (Lipinski definition) is 4. The summed E-state index contributed by atoms with van der Waals surface area (Å²) in [7, 11) is -3.66. The molecule has 1 aliphatic rings. The molecule has 2 rings (SSSR count). The highest BCUT2D eigenvalue weighted by molar-refractivity contribution is 7.92. The fourth-order valence-corrected chi connectivity index (χ4v) is 2.97. The minimum atomic E-state index is -3.66. The van der Waals surface area contributed by atoms with Gasteiger partial charge in [0.1, 0.15) is 12.4 Å². The smallest absolute Gasteiger partial charge is 0.312 e. The molecule has 0 aliphatic carbocycles. The standard InChI is InChI=1S/C13H15ClFN3O4S/c1-7(2)17-6-12(19)18(13(17)20)11-5-10(16-23(3,21)22)8(14)4-9(11)15/h4-5,7,16H,6H2,1-3H3. The first kappa shape index (κ1) is 17.5. The zero-order valence-electron chi connectivity index (χ0n) is 12.6. The lowest BCUT2D eigenvalue weighted by molar-refractivity contribution is -0.116. The lowest BCUT2D eigenvalue weighted by Gasteiger charge is -2.21. The molecule has 1 N–H and O–H groups in total. The molecule has 3 amide bonds. The topological polar surface area (TPSA) is 86.8 Å². The Morgan fingerprint density at radius 1 is 1.30 bits per heavy atom. The molecule has 10 heteroatoms. The van der Waals surface area contributed by atoms with E-state index in [9.17, 15) is 22.4 Å². The Bertz CT molecular complexity index is 782. The third kappa shape index (κ3) is 3.56. The fourth-order valence-electron chi connectivity index (χ4n) is 2.15. The van der Waals surface area contributed by atoms with Gasteiger partial charge in [-0.05, 0) is 26.0 Å². The maximum absolute atomic E-state index is 14.2. The number of hydrogen-bond donors (Lipinski definition) is 1. The summed E-state index contributed by atoms with van der Waals surface area (Å²) in [6.45, 7) is 3.28. The van der Waals surface area contributed by atoms with Crippen LogP contribution in [0.1, 0.15) is 13.8 Å². The molecule has 1 aliphatic heterocycles. The second-order valence-corrected chi connectivity index (χ2v) is 7.55. The van der Waals surface area contributed by atoms with E-state index in [1.54, 1.807) is 13.8 Å². The van der Waals surface area contributed by atoms with Crippen molar-refractivity contribution in [2.24, 2.45) is 0 Å². The summed E-state index contributed by atoms with van der Waals surface area (Å²) < 4.78 is 38.9. The first-order chi connectivity index (χ1) is 10.5. The molecule has 0 unspecified atom stereocenters. The lowest BCUT2D eigenvalue weighted by Crippen LogP contribution is -2.37. The summed E-state index contributed by atoms with van der Waals surface area (Å²) in [6.07, 6.45) is 0.902. The number of benzene rings is 1. The summed E-state index contributed by atoms with van der Waals surface area (Å²) in [5.74, 6) is -1.50. The van der Waals surface area contributed by atoms with Crippen LogP contribution in [-0.4, -0.2) is 44.1 Å². The van der Waals surface area contributed by atoms with Gasteiger partial charge in [-0.3, -0.25) is 9.52 Å². The molecule has 0 radical (unpaired) electrons. The van der Waals surface area contributed by atoms with Gasteiger partial charge >= 0.3 is 6.03 Å². The van der Waals surface area contributed by atoms with E-state index in [-0.39, 0.29) is 29.0 Å². The Hall–Kier alpha value is -1.87. The zero-order chi connectivity index (χ0) is 17.5. The Balaban J connectivity index is 2.49. The minimum absolute atomic E-state index is 0.117. The van der Waals surface area contributed by atoms with Crippen molar-refractivity contribution in [2.45, 2.75) is 19.9 Å². The number of anilines is 2. The highest BCUT2D eigenvalue weighted by atomic mass is 35.5. The molecule has 1 aromatic carbocycles. The van der Waals surface area contributed by atoms with E-state index in [2.05, 4.69) is 4.72 Å². The number of rotatable bonds is 4. The molecule has 0 bridgehead atoms. The molecular formula is C13H15ClFN3O4S. The van der Waals surface area contributed by atoms with Gasteiger partial charge in [0.15, 0.2) is 0 Å². The van der Waals surface area contributed by atoms with E-state index >= 15 is 0 Å². The SMILES string of the molecule is CC(C)N1CC(=O)N(c2cc(NS(C)(=O)=O)c(Cl)cc2F)C1=O. The van der Waals surface area contributed by atoms with Crippen molar-refractivity contribution in [3.8, 4) is 0 Å².